The Morgan fingerprint density at radius 2 is 1.71 bits per heavy atom. The predicted molar refractivity (Wildman–Crippen MR) is 139 cm³/mol. The molecule has 34 heavy (non-hydrogen) atoms. The minimum Gasteiger partial charge on any atom is -0.371 e. The zero-order valence-corrected chi connectivity index (χ0v) is 19.7. The van der Waals surface area contributed by atoms with Gasteiger partial charge in [0.15, 0.2) is 5.11 Å². The topological polar surface area (TPSA) is 87.5 Å². The van der Waals surface area contributed by atoms with Gasteiger partial charge in [0, 0.05) is 36.5 Å². The number of nitrogens with one attached hydrogen (secondary N) is 2. The van der Waals surface area contributed by atoms with Gasteiger partial charge < -0.3 is 10.2 Å². The third-order valence-electron chi connectivity index (χ3n) is 6.05. The molecule has 0 unspecified atom stereocenters. The predicted octanol–water partition coefficient (Wildman–Crippen LogP) is 5.62. The first-order chi connectivity index (χ1) is 16.4. The largest absolute Gasteiger partial charge is 0.371 e. The summed E-state index contributed by atoms with van der Waals surface area (Å²) in [5.41, 5.74) is 3.50. The quantitative estimate of drug-likeness (QED) is 0.283. The molecule has 0 aliphatic carbocycles. The summed E-state index contributed by atoms with van der Waals surface area (Å²) < 4.78 is 0. The lowest BCUT2D eigenvalue weighted by Gasteiger charge is -2.33. The van der Waals surface area contributed by atoms with E-state index in [1.807, 2.05) is 54.6 Å². The first-order valence-electron chi connectivity index (χ1n) is 11.2. The summed E-state index contributed by atoms with van der Waals surface area (Å²) in [6.07, 6.45) is 2.02. The van der Waals surface area contributed by atoms with Crippen LogP contribution >= 0.6 is 12.2 Å². The van der Waals surface area contributed by atoms with Crippen LogP contribution in [0.5, 0.6) is 0 Å². The number of benzene rings is 3. The summed E-state index contributed by atoms with van der Waals surface area (Å²) in [6.45, 7) is 3.80. The lowest BCUT2D eigenvalue weighted by molar-refractivity contribution is -0.384. The van der Waals surface area contributed by atoms with Gasteiger partial charge >= 0.3 is 0 Å². The van der Waals surface area contributed by atoms with E-state index in [2.05, 4.69) is 22.5 Å². The Labute approximate surface area is 203 Å². The number of amides is 1. The maximum atomic E-state index is 13.2. The highest BCUT2D eigenvalue weighted by atomic mass is 32.1. The molecule has 1 amide bonds. The Kier molecular flexibility index (Phi) is 7.18. The molecule has 7 nitrogen and oxygen atoms in total. The van der Waals surface area contributed by atoms with Crippen LogP contribution in [-0.2, 0) is 0 Å². The van der Waals surface area contributed by atoms with E-state index in [4.69, 9.17) is 12.2 Å². The Hall–Kier alpha value is -3.78. The summed E-state index contributed by atoms with van der Waals surface area (Å²) >= 11 is 5.43. The number of hydrogen-bond acceptors (Lipinski definition) is 5. The Balaban J connectivity index is 1.55. The van der Waals surface area contributed by atoms with Crippen LogP contribution in [0.3, 0.4) is 0 Å². The van der Waals surface area contributed by atoms with Crippen LogP contribution in [0.4, 0.5) is 17.1 Å². The van der Waals surface area contributed by atoms with Crippen molar-refractivity contribution >= 4 is 40.3 Å². The number of anilines is 2. The molecule has 0 aromatic heterocycles. The van der Waals surface area contributed by atoms with Crippen molar-refractivity contribution in [2.24, 2.45) is 5.92 Å². The normalized spacial score (nSPS) is 13.9. The van der Waals surface area contributed by atoms with E-state index in [0.29, 0.717) is 11.6 Å². The lowest BCUT2D eigenvalue weighted by atomic mass is 9.98. The Bertz CT molecular complexity index is 1210. The molecule has 1 heterocycles. The maximum Gasteiger partial charge on any atom is 0.270 e. The number of nitro benzene ring substituents is 1. The number of hydrogen-bond donors (Lipinski definition) is 2. The molecular formula is C26H26N4O3S. The number of para-hydroxylation sites is 1. The first kappa shape index (κ1) is 23.4. The molecule has 0 radical (unpaired) electrons. The average Bonchev–Trinajstić information content (AvgIpc) is 2.85. The number of nitrogens with zero attached hydrogens (tertiary/aromatic N) is 2. The van der Waals surface area contributed by atoms with Gasteiger partial charge in [0.05, 0.1) is 16.2 Å². The van der Waals surface area contributed by atoms with Crippen molar-refractivity contribution in [1.29, 1.82) is 0 Å². The van der Waals surface area contributed by atoms with Gasteiger partial charge in [0.1, 0.15) is 0 Å². The van der Waals surface area contributed by atoms with Gasteiger partial charge in [-0.15, -0.1) is 0 Å². The van der Waals surface area contributed by atoms with E-state index in [-0.39, 0.29) is 16.4 Å². The summed E-state index contributed by atoms with van der Waals surface area (Å²) in [4.78, 5) is 26.2. The van der Waals surface area contributed by atoms with E-state index >= 15 is 0 Å². The zero-order chi connectivity index (χ0) is 24.1. The van der Waals surface area contributed by atoms with Crippen LogP contribution < -0.4 is 15.5 Å². The molecule has 3 aromatic rings. The van der Waals surface area contributed by atoms with Crippen LogP contribution in [0, 0.1) is 16.0 Å². The fourth-order valence-electron chi connectivity index (χ4n) is 4.13. The third-order valence-corrected chi connectivity index (χ3v) is 6.25. The molecule has 3 aromatic carbocycles. The van der Waals surface area contributed by atoms with Crippen molar-refractivity contribution in [2.75, 3.05) is 23.3 Å². The molecule has 0 bridgehead atoms. The van der Waals surface area contributed by atoms with Gasteiger partial charge in [-0.3, -0.25) is 20.2 Å². The summed E-state index contributed by atoms with van der Waals surface area (Å²) in [5, 5.41) is 17.3. The average molecular weight is 475 g/mol. The number of carbonyl (C=O) groups is 1. The fraction of sp³-hybridized carbons (Fsp3) is 0.231. The van der Waals surface area contributed by atoms with E-state index in [0.717, 1.165) is 42.7 Å². The second-order valence-electron chi connectivity index (χ2n) is 8.45. The van der Waals surface area contributed by atoms with Crippen molar-refractivity contribution in [3.05, 3.63) is 88.5 Å². The summed E-state index contributed by atoms with van der Waals surface area (Å²) in [7, 11) is 0. The molecule has 1 fully saturated rings. The molecule has 0 atom stereocenters. The van der Waals surface area contributed by atoms with Gasteiger partial charge in [-0.2, -0.15) is 0 Å². The first-order valence-corrected chi connectivity index (χ1v) is 11.6. The number of carbonyl (C=O) groups excluding carboxylic acids is 1. The van der Waals surface area contributed by atoms with E-state index < -0.39 is 10.8 Å². The number of thiocarbonyl (C=S) groups is 1. The monoisotopic (exact) mass is 474 g/mol. The van der Waals surface area contributed by atoms with Crippen molar-refractivity contribution in [3.63, 3.8) is 0 Å². The highest BCUT2D eigenvalue weighted by Gasteiger charge is 2.24. The minimum absolute atomic E-state index is 0.123. The van der Waals surface area contributed by atoms with Crippen LogP contribution in [0.2, 0.25) is 0 Å². The van der Waals surface area contributed by atoms with E-state index in [1.165, 1.54) is 12.1 Å². The van der Waals surface area contributed by atoms with Crippen molar-refractivity contribution in [2.45, 2.75) is 19.8 Å². The van der Waals surface area contributed by atoms with Gasteiger partial charge in [-0.05, 0) is 48.7 Å². The molecule has 1 aliphatic rings. The standard InChI is InChI=1S/C26H26N4O3S/c1-18-13-15-29(16-14-18)24-12-11-20(30(32)33)17-22(24)25(31)28-26(34)27-23-10-6-5-9-21(23)19-7-3-2-4-8-19/h2-12,17-18H,13-16H2,1H3,(H2,27,28,31,34). The molecule has 2 N–H and O–H groups in total. The third kappa shape index (κ3) is 5.40. The maximum absolute atomic E-state index is 13.2. The second-order valence-corrected chi connectivity index (χ2v) is 8.86. The van der Waals surface area contributed by atoms with Crippen LogP contribution in [-0.4, -0.2) is 29.0 Å². The van der Waals surface area contributed by atoms with Gasteiger partial charge in [-0.25, -0.2) is 0 Å². The fourth-order valence-corrected chi connectivity index (χ4v) is 4.33. The Morgan fingerprint density at radius 1 is 1.03 bits per heavy atom. The zero-order valence-electron chi connectivity index (χ0n) is 18.9. The molecule has 4 rings (SSSR count). The number of nitro groups is 1. The van der Waals surface area contributed by atoms with Crippen LogP contribution in [0.25, 0.3) is 11.1 Å². The molecule has 1 saturated heterocycles. The minimum atomic E-state index is -0.495. The van der Waals surface area contributed by atoms with E-state index in [1.54, 1.807) is 6.07 Å². The lowest BCUT2D eigenvalue weighted by Crippen LogP contribution is -2.37. The molecule has 0 saturated carbocycles. The molecule has 174 valence electrons. The van der Waals surface area contributed by atoms with Crippen molar-refractivity contribution in [1.82, 2.24) is 5.32 Å². The highest BCUT2D eigenvalue weighted by Crippen LogP contribution is 2.30. The summed E-state index contributed by atoms with van der Waals surface area (Å²) in [5.74, 6) is 0.139. The molecule has 1 aliphatic heterocycles. The SMILES string of the molecule is CC1CCN(c2ccc([N+](=O)[O-])cc2C(=O)NC(=S)Nc2ccccc2-c2ccccc2)CC1. The molecule has 0 spiro atoms. The van der Waals surface area contributed by atoms with E-state index in [9.17, 15) is 14.9 Å². The highest BCUT2D eigenvalue weighted by molar-refractivity contribution is 7.80. The summed E-state index contributed by atoms with van der Waals surface area (Å²) in [6, 6.07) is 21.9. The van der Waals surface area contributed by atoms with Crippen LogP contribution in [0.1, 0.15) is 30.1 Å². The van der Waals surface area contributed by atoms with Gasteiger partial charge in [-0.1, -0.05) is 55.5 Å². The molecule has 8 heteroatoms. The van der Waals surface area contributed by atoms with Gasteiger partial charge in [0.2, 0.25) is 0 Å². The smallest absolute Gasteiger partial charge is 0.270 e. The number of piperidine rings is 1. The van der Waals surface area contributed by atoms with Crippen LogP contribution in [0.15, 0.2) is 72.8 Å². The van der Waals surface area contributed by atoms with Gasteiger partial charge in [0.25, 0.3) is 11.6 Å². The number of rotatable bonds is 5. The molecular weight excluding hydrogens is 448 g/mol. The Morgan fingerprint density at radius 3 is 2.41 bits per heavy atom. The van der Waals surface area contributed by atoms with Crippen molar-refractivity contribution in [3.8, 4) is 11.1 Å². The second kappa shape index (κ2) is 10.4. The number of non-ortho nitro benzene ring substituents is 1. The van der Waals surface area contributed by atoms with Crippen molar-refractivity contribution < 1.29 is 9.72 Å².